The third-order valence-corrected chi connectivity index (χ3v) is 3.83. The van der Waals surface area contributed by atoms with E-state index in [2.05, 4.69) is 14.8 Å². The second kappa shape index (κ2) is 7.69. The first-order valence-corrected chi connectivity index (χ1v) is 8.12. The van der Waals surface area contributed by atoms with Gasteiger partial charge in [0.1, 0.15) is 5.75 Å². The second-order valence-corrected chi connectivity index (χ2v) is 5.69. The Kier molecular flexibility index (Phi) is 5.16. The zero-order valence-corrected chi connectivity index (χ0v) is 14.7. The van der Waals surface area contributed by atoms with Crippen LogP contribution in [0.5, 0.6) is 5.75 Å². The van der Waals surface area contributed by atoms with Crippen LogP contribution in [0.1, 0.15) is 12.5 Å². The van der Waals surface area contributed by atoms with E-state index in [1.807, 2.05) is 0 Å². The number of hydrogen-bond donors (Lipinski definition) is 1. The van der Waals surface area contributed by atoms with Crippen molar-refractivity contribution in [2.45, 2.75) is 13.0 Å². The first-order valence-electron chi connectivity index (χ1n) is 8.12. The summed E-state index contributed by atoms with van der Waals surface area (Å²) < 4.78 is 10.8. The summed E-state index contributed by atoms with van der Waals surface area (Å²) in [5.41, 5.74) is -0.0213. The van der Waals surface area contributed by atoms with Crippen molar-refractivity contribution in [2.75, 3.05) is 7.11 Å². The fourth-order valence-corrected chi connectivity index (χ4v) is 2.43. The Morgan fingerprint density at radius 2 is 1.85 bits per heavy atom. The minimum atomic E-state index is -0.732. The number of para-hydroxylation sites is 1. The fraction of sp³-hybridized carbons (Fsp3) is 0.158. The highest BCUT2D eigenvalue weighted by Crippen LogP contribution is 2.13. The number of carbonyl (C=O) groups is 1. The number of rotatable bonds is 5. The highest BCUT2D eigenvalue weighted by atomic mass is 16.6. The molecule has 2 aromatic carbocycles. The molecular formula is C19H17N3O5. The van der Waals surface area contributed by atoms with Gasteiger partial charge in [0.05, 0.1) is 24.2 Å². The van der Waals surface area contributed by atoms with Gasteiger partial charge in [0.2, 0.25) is 0 Å². The van der Waals surface area contributed by atoms with Crippen LogP contribution >= 0.6 is 0 Å². The molecule has 8 nitrogen and oxygen atoms in total. The van der Waals surface area contributed by atoms with Crippen molar-refractivity contribution in [3.63, 3.8) is 0 Å². The lowest BCUT2D eigenvalue weighted by Crippen LogP contribution is -2.32. The number of benzene rings is 2. The van der Waals surface area contributed by atoms with Gasteiger partial charge in [0.25, 0.3) is 5.56 Å². The van der Waals surface area contributed by atoms with E-state index in [0.717, 1.165) is 4.68 Å². The van der Waals surface area contributed by atoms with E-state index in [1.54, 1.807) is 55.5 Å². The number of nitrogens with one attached hydrogen (secondary N) is 1. The van der Waals surface area contributed by atoms with Crippen LogP contribution < -0.4 is 16.0 Å². The number of methoxy groups -OCH3 is 1. The zero-order chi connectivity index (χ0) is 19.4. The van der Waals surface area contributed by atoms with Crippen molar-refractivity contribution < 1.29 is 14.3 Å². The second-order valence-electron chi connectivity index (χ2n) is 5.69. The number of fused-ring (bicyclic) bond motifs is 1. The van der Waals surface area contributed by atoms with E-state index in [4.69, 9.17) is 4.74 Å². The molecule has 1 atom stereocenters. The average Bonchev–Trinajstić information content (AvgIpc) is 2.68. The maximum absolute atomic E-state index is 12.4. The number of aromatic amines is 1. The van der Waals surface area contributed by atoms with Crippen LogP contribution in [-0.2, 0) is 9.53 Å². The number of nitrogens with zero attached hydrogens (tertiary/aromatic N) is 2. The van der Waals surface area contributed by atoms with Crippen LogP contribution in [0.4, 0.5) is 0 Å². The predicted octanol–water partition coefficient (Wildman–Crippen LogP) is 1.51. The standard InChI is InChI=1S/C19H17N3O5/c1-12(18(24)26-2)27-14-9-7-13(8-10-14)11-20-22-17(23)15-5-3-4-6-16(15)21-19(22)25/h3-12H,1-2H3,(H,21,25). The molecule has 1 unspecified atom stereocenters. The largest absolute Gasteiger partial charge is 0.479 e. The van der Waals surface area contributed by atoms with Crippen molar-refractivity contribution >= 4 is 23.1 Å². The number of esters is 1. The monoisotopic (exact) mass is 367 g/mol. The fourth-order valence-electron chi connectivity index (χ4n) is 2.43. The summed E-state index contributed by atoms with van der Waals surface area (Å²) >= 11 is 0. The van der Waals surface area contributed by atoms with Gasteiger partial charge in [-0.1, -0.05) is 12.1 Å². The van der Waals surface area contributed by atoms with Crippen LogP contribution in [0.15, 0.2) is 63.2 Å². The molecule has 1 heterocycles. The normalized spacial score (nSPS) is 12.2. The van der Waals surface area contributed by atoms with Gasteiger partial charge in [0, 0.05) is 0 Å². The van der Waals surface area contributed by atoms with Gasteiger partial charge in [-0.25, -0.2) is 9.59 Å². The van der Waals surface area contributed by atoms with Gasteiger partial charge in [0.15, 0.2) is 6.10 Å². The van der Waals surface area contributed by atoms with Gasteiger partial charge in [-0.15, -0.1) is 4.68 Å². The number of H-pyrrole nitrogens is 1. The van der Waals surface area contributed by atoms with Gasteiger partial charge in [-0.2, -0.15) is 5.10 Å². The highest BCUT2D eigenvalue weighted by molar-refractivity contribution is 5.80. The van der Waals surface area contributed by atoms with Gasteiger partial charge >= 0.3 is 11.7 Å². The molecule has 0 aliphatic heterocycles. The SMILES string of the molecule is COC(=O)C(C)Oc1ccc(C=Nn2c(=O)[nH]c3ccccc3c2=O)cc1. The van der Waals surface area contributed by atoms with Crippen molar-refractivity contribution in [1.29, 1.82) is 0 Å². The number of carbonyl (C=O) groups excluding carboxylic acids is 1. The summed E-state index contributed by atoms with van der Waals surface area (Å²) in [7, 11) is 1.29. The molecule has 1 aromatic heterocycles. The number of aromatic nitrogens is 2. The molecule has 0 fully saturated rings. The molecule has 0 radical (unpaired) electrons. The number of ether oxygens (including phenoxy) is 2. The summed E-state index contributed by atoms with van der Waals surface area (Å²) in [6.07, 6.45) is 0.656. The highest BCUT2D eigenvalue weighted by Gasteiger charge is 2.14. The Morgan fingerprint density at radius 1 is 1.15 bits per heavy atom. The van der Waals surface area contributed by atoms with E-state index in [0.29, 0.717) is 22.2 Å². The van der Waals surface area contributed by atoms with E-state index in [1.165, 1.54) is 13.3 Å². The molecule has 3 rings (SSSR count). The first kappa shape index (κ1) is 18.1. The van der Waals surface area contributed by atoms with Gasteiger partial charge < -0.3 is 14.5 Å². The van der Waals surface area contributed by atoms with Crippen LogP contribution in [0.25, 0.3) is 10.9 Å². The maximum Gasteiger partial charge on any atom is 0.349 e. The van der Waals surface area contributed by atoms with Crippen molar-refractivity contribution in [3.8, 4) is 5.75 Å². The smallest absolute Gasteiger partial charge is 0.349 e. The van der Waals surface area contributed by atoms with Gasteiger partial charge in [-0.05, 0) is 48.9 Å². The van der Waals surface area contributed by atoms with Gasteiger partial charge in [-0.3, -0.25) is 4.79 Å². The molecule has 0 saturated carbocycles. The summed E-state index contributed by atoms with van der Waals surface area (Å²) in [6.45, 7) is 1.58. The average molecular weight is 367 g/mol. The lowest BCUT2D eigenvalue weighted by atomic mass is 10.2. The molecule has 0 amide bonds. The summed E-state index contributed by atoms with van der Waals surface area (Å²) in [4.78, 5) is 38.5. The molecule has 8 heteroatoms. The Labute approximate surface area is 153 Å². The molecule has 27 heavy (non-hydrogen) atoms. The van der Waals surface area contributed by atoms with Crippen LogP contribution in [0.3, 0.4) is 0 Å². The Hall–Kier alpha value is -3.68. The molecule has 0 bridgehead atoms. The molecule has 0 saturated heterocycles. The summed E-state index contributed by atoms with van der Waals surface area (Å²) in [5, 5.41) is 4.35. The van der Waals surface area contributed by atoms with E-state index < -0.39 is 23.3 Å². The Morgan fingerprint density at radius 3 is 2.56 bits per heavy atom. The topological polar surface area (TPSA) is 103 Å². The molecule has 0 aliphatic rings. The van der Waals surface area contributed by atoms with Crippen LogP contribution in [-0.4, -0.2) is 35.1 Å². The Balaban J connectivity index is 1.83. The van der Waals surface area contributed by atoms with E-state index in [-0.39, 0.29) is 0 Å². The minimum absolute atomic E-state index is 0.370. The molecule has 0 spiro atoms. The van der Waals surface area contributed by atoms with Crippen LogP contribution in [0.2, 0.25) is 0 Å². The third-order valence-electron chi connectivity index (χ3n) is 3.83. The quantitative estimate of drug-likeness (QED) is 0.544. The lowest BCUT2D eigenvalue weighted by Gasteiger charge is -2.12. The van der Waals surface area contributed by atoms with Crippen molar-refractivity contribution in [2.24, 2.45) is 5.10 Å². The zero-order valence-electron chi connectivity index (χ0n) is 14.7. The third kappa shape index (κ3) is 3.95. The van der Waals surface area contributed by atoms with E-state index in [9.17, 15) is 14.4 Å². The minimum Gasteiger partial charge on any atom is -0.479 e. The van der Waals surface area contributed by atoms with E-state index >= 15 is 0 Å². The maximum atomic E-state index is 12.4. The van der Waals surface area contributed by atoms with Crippen molar-refractivity contribution in [1.82, 2.24) is 9.66 Å². The molecule has 1 N–H and O–H groups in total. The van der Waals surface area contributed by atoms with Crippen LogP contribution in [0, 0.1) is 0 Å². The molecule has 0 aliphatic carbocycles. The summed E-state index contributed by atoms with van der Waals surface area (Å²) in [5.74, 6) is 0.00122. The summed E-state index contributed by atoms with van der Waals surface area (Å²) in [6, 6.07) is 13.4. The molecular weight excluding hydrogens is 350 g/mol. The predicted molar refractivity (Wildman–Crippen MR) is 100 cm³/mol. The molecule has 138 valence electrons. The van der Waals surface area contributed by atoms with Crippen molar-refractivity contribution in [3.05, 3.63) is 74.9 Å². The first-order chi connectivity index (χ1) is 13.0. The lowest BCUT2D eigenvalue weighted by molar-refractivity contribution is -0.147. The number of hydrogen-bond acceptors (Lipinski definition) is 6. The Bertz CT molecular complexity index is 1110. The molecule has 3 aromatic rings.